The third kappa shape index (κ3) is 3.85. The van der Waals surface area contributed by atoms with Gasteiger partial charge in [-0.1, -0.05) is 30.3 Å². The van der Waals surface area contributed by atoms with Crippen LogP contribution in [0.1, 0.15) is 5.56 Å². The molecule has 3 atom stereocenters. The molecule has 30 heavy (non-hydrogen) atoms. The molecule has 0 bridgehead atoms. The van der Waals surface area contributed by atoms with Gasteiger partial charge < -0.3 is 20.8 Å². The van der Waals surface area contributed by atoms with Gasteiger partial charge >= 0.3 is 5.76 Å². The molecule has 4 N–H and O–H groups in total. The molecule has 2 aromatic carbocycles. The number of oxazole rings is 1. The van der Waals surface area contributed by atoms with Crippen LogP contribution < -0.4 is 22.1 Å². The molecule has 4 rings (SSSR count). The Balaban J connectivity index is 1.46. The highest BCUT2D eigenvalue weighted by atomic mass is 16.4. The maximum Gasteiger partial charge on any atom is 0.419 e. The van der Waals surface area contributed by atoms with Crippen molar-refractivity contribution >= 4 is 17.0 Å². The van der Waals surface area contributed by atoms with Crippen LogP contribution in [0.25, 0.3) is 22.2 Å². The third-order valence-corrected chi connectivity index (χ3v) is 5.59. The number of aryl methyl sites for hydroxylation is 1. The van der Waals surface area contributed by atoms with Crippen LogP contribution in [0.4, 0.5) is 0 Å². The lowest BCUT2D eigenvalue weighted by Crippen LogP contribution is -2.45. The minimum absolute atomic E-state index is 0.185. The van der Waals surface area contributed by atoms with Crippen molar-refractivity contribution in [2.45, 2.75) is 18.5 Å². The lowest BCUT2D eigenvalue weighted by Gasteiger charge is -2.17. The Morgan fingerprint density at radius 3 is 2.70 bits per heavy atom. The summed E-state index contributed by atoms with van der Waals surface area (Å²) in [6.45, 7) is 1.14. The monoisotopic (exact) mass is 405 g/mol. The van der Waals surface area contributed by atoms with Gasteiger partial charge in [-0.15, -0.1) is 0 Å². The number of nitrogens with zero attached hydrogens (tertiary/aromatic N) is 2. The number of nitriles is 1. The molecule has 3 unspecified atom stereocenters. The number of fused-ring (bicyclic) bond motifs is 1. The Hall–Kier alpha value is -3.41. The fourth-order valence-electron chi connectivity index (χ4n) is 3.77. The molecular formula is C22H23N5O3. The molecule has 8 heteroatoms. The van der Waals surface area contributed by atoms with E-state index in [4.69, 9.17) is 10.2 Å². The molecule has 0 aliphatic carbocycles. The molecule has 1 amide bonds. The molecular weight excluding hydrogens is 382 g/mol. The van der Waals surface area contributed by atoms with Crippen LogP contribution in [-0.2, 0) is 18.3 Å². The maximum atomic E-state index is 12.4. The van der Waals surface area contributed by atoms with E-state index in [-0.39, 0.29) is 17.9 Å². The predicted octanol–water partition coefficient (Wildman–Crippen LogP) is 0.896. The van der Waals surface area contributed by atoms with Crippen molar-refractivity contribution in [2.75, 3.05) is 13.1 Å². The van der Waals surface area contributed by atoms with E-state index < -0.39 is 11.8 Å². The van der Waals surface area contributed by atoms with Crippen LogP contribution in [-0.4, -0.2) is 35.6 Å². The Kier molecular flexibility index (Phi) is 5.40. The molecule has 1 aliphatic heterocycles. The van der Waals surface area contributed by atoms with Crippen molar-refractivity contribution in [3.8, 4) is 17.2 Å². The van der Waals surface area contributed by atoms with Gasteiger partial charge in [-0.25, -0.2) is 4.79 Å². The SMILES string of the molecule is Cn1c(=O)oc2ccc(-c3ccc(CC(C#N)NC(=O)C4CNCC4N)cc3)cc21. The lowest BCUT2D eigenvalue weighted by molar-refractivity contribution is -0.125. The van der Waals surface area contributed by atoms with E-state index in [1.807, 2.05) is 36.4 Å². The minimum atomic E-state index is -0.618. The van der Waals surface area contributed by atoms with Gasteiger partial charge in [0.05, 0.1) is 17.5 Å². The van der Waals surface area contributed by atoms with E-state index in [0.717, 1.165) is 22.2 Å². The fraction of sp³-hybridized carbons (Fsp3) is 0.318. The summed E-state index contributed by atoms with van der Waals surface area (Å²) < 4.78 is 6.64. The largest absolute Gasteiger partial charge is 0.419 e. The molecule has 3 aromatic rings. The van der Waals surface area contributed by atoms with Crippen LogP contribution >= 0.6 is 0 Å². The van der Waals surface area contributed by atoms with Crippen molar-refractivity contribution in [3.63, 3.8) is 0 Å². The van der Waals surface area contributed by atoms with E-state index in [0.29, 0.717) is 25.1 Å². The first-order valence-corrected chi connectivity index (χ1v) is 9.81. The molecule has 0 spiro atoms. The standard InChI is InChI=1S/C22H23N5O3/c1-27-19-9-15(6-7-20(19)30-22(27)29)14-4-2-13(3-5-14)8-16(10-23)26-21(28)17-11-25-12-18(17)24/h2-7,9,16-18,25H,8,11-12,24H2,1H3,(H,26,28). The van der Waals surface area contributed by atoms with Crippen molar-refractivity contribution in [3.05, 3.63) is 58.6 Å². The van der Waals surface area contributed by atoms with Gasteiger partial charge in [0.15, 0.2) is 5.58 Å². The highest BCUT2D eigenvalue weighted by Gasteiger charge is 2.31. The van der Waals surface area contributed by atoms with Crippen LogP contribution in [0.2, 0.25) is 0 Å². The second-order valence-corrected chi connectivity index (χ2v) is 7.63. The maximum absolute atomic E-state index is 12.4. The van der Waals surface area contributed by atoms with Crippen molar-refractivity contribution in [2.24, 2.45) is 18.7 Å². The number of nitrogens with two attached hydrogens (primary N) is 1. The van der Waals surface area contributed by atoms with E-state index in [1.54, 1.807) is 13.1 Å². The second-order valence-electron chi connectivity index (χ2n) is 7.63. The van der Waals surface area contributed by atoms with E-state index in [9.17, 15) is 14.9 Å². The zero-order valence-electron chi connectivity index (χ0n) is 16.6. The molecule has 8 nitrogen and oxygen atoms in total. The first-order chi connectivity index (χ1) is 14.5. The Labute approximate surface area is 173 Å². The zero-order chi connectivity index (χ0) is 21.3. The smallest absolute Gasteiger partial charge is 0.408 e. The number of rotatable bonds is 5. The molecule has 0 saturated carbocycles. The first kappa shape index (κ1) is 19.9. The van der Waals surface area contributed by atoms with Gasteiger partial charge in [-0.05, 0) is 28.8 Å². The molecule has 1 aliphatic rings. The number of nitrogens with one attached hydrogen (secondary N) is 2. The average Bonchev–Trinajstić information content (AvgIpc) is 3.30. The zero-order valence-corrected chi connectivity index (χ0v) is 16.6. The molecule has 0 radical (unpaired) electrons. The summed E-state index contributed by atoms with van der Waals surface area (Å²) >= 11 is 0. The Morgan fingerprint density at radius 2 is 2.03 bits per heavy atom. The predicted molar refractivity (Wildman–Crippen MR) is 112 cm³/mol. The normalized spacial score (nSPS) is 19.5. The molecule has 1 fully saturated rings. The van der Waals surface area contributed by atoms with Crippen LogP contribution in [0.3, 0.4) is 0 Å². The Bertz CT molecular complexity index is 1170. The highest BCUT2D eigenvalue weighted by Crippen LogP contribution is 2.24. The molecule has 2 heterocycles. The van der Waals surface area contributed by atoms with Crippen LogP contribution in [0.15, 0.2) is 51.7 Å². The number of carbonyl (C=O) groups excluding carboxylic acids is 1. The van der Waals surface area contributed by atoms with Gasteiger partial charge in [0.1, 0.15) is 6.04 Å². The topological polar surface area (TPSA) is 126 Å². The summed E-state index contributed by atoms with van der Waals surface area (Å²) in [6.07, 6.45) is 0.410. The quantitative estimate of drug-likeness (QED) is 0.579. The molecule has 154 valence electrons. The number of hydrogen-bond acceptors (Lipinski definition) is 6. The Morgan fingerprint density at radius 1 is 1.30 bits per heavy atom. The summed E-state index contributed by atoms with van der Waals surface area (Å²) in [5.74, 6) is -0.886. The van der Waals surface area contributed by atoms with E-state index in [2.05, 4.69) is 16.7 Å². The van der Waals surface area contributed by atoms with Gasteiger partial charge in [-0.2, -0.15) is 5.26 Å². The van der Waals surface area contributed by atoms with Crippen LogP contribution in [0, 0.1) is 17.2 Å². The highest BCUT2D eigenvalue weighted by molar-refractivity contribution is 5.81. The average molecular weight is 405 g/mol. The van der Waals surface area contributed by atoms with Gasteiger partial charge in [0, 0.05) is 32.6 Å². The number of amides is 1. The van der Waals surface area contributed by atoms with Crippen LogP contribution in [0.5, 0.6) is 0 Å². The van der Waals surface area contributed by atoms with Crippen molar-refractivity contribution in [1.82, 2.24) is 15.2 Å². The summed E-state index contributed by atoms with van der Waals surface area (Å²) in [5.41, 5.74) is 10.1. The number of aromatic nitrogens is 1. The van der Waals surface area contributed by atoms with Gasteiger partial charge in [0.25, 0.3) is 0 Å². The van der Waals surface area contributed by atoms with Crippen molar-refractivity contribution < 1.29 is 9.21 Å². The van der Waals surface area contributed by atoms with Gasteiger partial charge in [-0.3, -0.25) is 9.36 Å². The van der Waals surface area contributed by atoms with Crippen molar-refractivity contribution in [1.29, 1.82) is 5.26 Å². The summed E-state index contributed by atoms with van der Waals surface area (Å²) in [4.78, 5) is 24.0. The fourth-order valence-corrected chi connectivity index (χ4v) is 3.77. The van der Waals surface area contributed by atoms with Gasteiger partial charge in [0.2, 0.25) is 5.91 Å². The lowest BCUT2D eigenvalue weighted by atomic mass is 9.99. The van der Waals surface area contributed by atoms with E-state index in [1.165, 1.54) is 4.57 Å². The first-order valence-electron chi connectivity index (χ1n) is 9.81. The molecule has 1 aromatic heterocycles. The summed E-state index contributed by atoms with van der Waals surface area (Å²) in [7, 11) is 1.67. The summed E-state index contributed by atoms with van der Waals surface area (Å²) in [6, 6.07) is 14.7. The third-order valence-electron chi connectivity index (χ3n) is 5.59. The number of benzene rings is 2. The number of carbonyl (C=O) groups is 1. The number of hydrogen-bond donors (Lipinski definition) is 3. The summed E-state index contributed by atoms with van der Waals surface area (Å²) in [5, 5.41) is 15.3. The molecule has 1 saturated heterocycles. The second kappa shape index (κ2) is 8.14. The minimum Gasteiger partial charge on any atom is -0.408 e. The van der Waals surface area contributed by atoms with E-state index >= 15 is 0 Å².